The minimum atomic E-state index is -4.88. The molecule has 2 aromatic rings. The van der Waals surface area contributed by atoms with Gasteiger partial charge in [-0.25, -0.2) is 9.36 Å². The second-order valence-corrected chi connectivity index (χ2v) is 7.75. The molecule has 2 rings (SSSR count). The van der Waals surface area contributed by atoms with Gasteiger partial charge in [0.15, 0.2) is 5.11 Å². The molecule has 11 nitrogen and oxygen atoms in total. The fourth-order valence-corrected chi connectivity index (χ4v) is 2.79. The van der Waals surface area contributed by atoms with Crippen LogP contribution in [0.2, 0.25) is 10.0 Å². The highest BCUT2D eigenvalue weighted by molar-refractivity contribution is 7.80. The number of carbonyl (C=O) groups is 1. The maximum atomic E-state index is 12.2. The number of thiocarbonyl (C=S) groups is 1. The summed E-state index contributed by atoms with van der Waals surface area (Å²) in [7, 11) is -4.88. The van der Waals surface area contributed by atoms with Gasteiger partial charge in [-0.05, 0) is 30.4 Å². The van der Waals surface area contributed by atoms with Crippen molar-refractivity contribution in [3.8, 4) is 5.75 Å². The first-order chi connectivity index (χ1) is 14.0. The van der Waals surface area contributed by atoms with Crippen LogP contribution in [-0.4, -0.2) is 32.2 Å². The lowest BCUT2D eigenvalue weighted by molar-refractivity contribution is 0.154. The SMILES string of the molecule is NC(=S)N/N=C/c1ncccc1NC(=O)OCc1cc(Cl)c(Cl)cc1OP(=O)(O)O. The predicted octanol–water partition coefficient (Wildman–Crippen LogP) is 2.78. The van der Waals surface area contributed by atoms with Gasteiger partial charge in [-0.3, -0.25) is 25.5 Å². The maximum absolute atomic E-state index is 12.2. The molecule has 30 heavy (non-hydrogen) atoms. The number of phosphoric acid groups is 1. The van der Waals surface area contributed by atoms with E-state index in [2.05, 4.69) is 37.6 Å². The summed E-state index contributed by atoms with van der Waals surface area (Å²) in [4.78, 5) is 34.2. The van der Waals surface area contributed by atoms with Gasteiger partial charge in [0.25, 0.3) is 0 Å². The van der Waals surface area contributed by atoms with Gasteiger partial charge in [0.1, 0.15) is 18.1 Å². The number of hydrogen-bond donors (Lipinski definition) is 5. The Morgan fingerprint density at radius 3 is 2.73 bits per heavy atom. The van der Waals surface area contributed by atoms with Crippen LogP contribution in [0.1, 0.15) is 11.3 Å². The van der Waals surface area contributed by atoms with Crippen molar-refractivity contribution in [2.45, 2.75) is 6.61 Å². The van der Waals surface area contributed by atoms with Crippen molar-refractivity contribution in [2.75, 3.05) is 5.32 Å². The van der Waals surface area contributed by atoms with Gasteiger partial charge in [-0.15, -0.1) is 0 Å². The molecule has 0 bridgehead atoms. The number of pyridine rings is 1. The summed E-state index contributed by atoms with van der Waals surface area (Å²) in [6, 6.07) is 5.46. The number of ether oxygens (including phenoxy) is 1. The number of anilines is 1. The van der Waals surface area contributed by atoms with E-state index in [1.165, 1.54) is 24.5 Å². The average molecular weight is 494 g/mol. The standard InChI is InChI=1S/C15H14Cl2N5O6PS/c16-9-4-8(13(5-10(9)17)28-29(24,25)26)7-27-15(23)21-11-2-1-3-19-12(11)6-20-22-14(18)30/h1-6H,7H2,(H,21,23)(H3,18,22,30)(H2,24,25,26)/b20-6+. The number of carbonyl (C=O) groups excluding carboxylic acids is 1. The molecule has 0 fully saturated rings. The van der Waals surface area contributed by atoms with Crippen LogP contribution < -0.4 is 21.0 Å². The number of hydrazone groups is 1. The van der Waals surface area contributed by atoms with Crippen molar-refractivity contribution in [3.63, 3.8) is 0 Å². The van der Waals surface area contributed by atoms with E-state index in [0.29, 0.717) is 0 Å². The number of nitrogens with two attached hydrogens (primary N) is 1. The van der Waals surface area contributed by atoms with Gasteiger partial charge in [-0.1, -0.05) is 23.2 Å². The van der Waals surface area contributed by atoms with Gasteiger partial charge in [0, 0.05) is 17.8 Å². The molecule has 0 spiro atoms. The van der Waals surface area contributed by atoms with Crippen molar-refractivity contribution < 1.29 is 28.4 Å². The zero-order valence-electron chi connectivity index (χ0n) is 14.8. The quantitative estimate of drug-likeness (QED) is 0.167. The number of rotatable bonds is 7. The van der Waals surface area contributed by atoms with E-state index in [0.717, 1.165) is 6.07 Å². The van der Waals surface area contributed by atoms with E-state index >= 15 is 0 Å². The van der Waals surface area contributed by atoms with E-state index in [9.17, 15) is 9.36 Å². The summed E-state index contributed by atoms with van der Waals surface area (Å²) < 4.78 is 20.8. The van der Waals surface area contributed by atoms with Gasteiger partial charge in [-0.2, -0.15) is 5.10 Å². The fraction of sp³-hybridized carbons (Fsp3) is 0.0667. The molecule has 6 N–H and O–H groups in total. The van der Waals surface area contributed by atoms with Crippen LogP contribution >= 0.6 is 43.2 Å². The third kappa shape index (κ3) is 7.75. The van der Waals surface area contributed by atoms with Crippen molar-refractivity contribution in [2.24, 2.45) is 10.8 Å². The molecule has 0 aliphatic rings. The number of hydrogen-bond acceptors (Lipinski definition) is 7. The lowest BCUT2D eigenvalue weighted by Crippen LogP contribution is -2.24. The molecule has 0 saturated carbocycles. The maximum Gasteiger partial charge on any atom is 0.524 e. The molecule has 1 amide bonds. The molecule has 0 radical (unpaired) electrons. The minimum absolute atomic E-state index is 0.00169. The van der Waals surface area contributed by atoms with Gasteiger partial charge < -0.3 is 15.0 Å². The normalized spacial score (nSPS) is 11.2. The fourth-order valence-electron chi connectivity index (χ4n) is 1.97. The van der Waals surface area contributed by atoms with Crippen LogP contribution in [0.15, 0.2) is 35.6 Å². The van der Waals surface area contributed by atoms with E-state index in [4.69, 9.17) is 43.5 Å². The summed E-state index contributed by atoms with van der Waals surface area (Å²) in [6.45, 7) is -0.426. The highest BCUT2D eigenvalue weighted by Gasteiger charge is 2.21. The van der Waals surface area contributed by atoms with Gasteiger partial charge in [0.05, 0.1) is 21.9 Å². The molecular weight excluding hydrogens is 480 g/mol. The first-order valence-electron chi connectivity index (χ1n) is 7.75. The van der Waals surface area contributed by atoms with E-state index in [-0.39, 0.29) is 37.9 Å². The highest BCUT2D eigenvalue weighted by atomic mass is 35.5. The first kappa shape index (κ1) is 23.8. The topological polar surface area (TPSA) is 168 Å². The Balaban J connectivity index is 2.10. The summed E-state index contributed by atoms with van der Waals surface area (Å²) in [6.07, 6.45) is 1.85. The molecule has 1 aromatic heterocycles. The van der Waals surface area contributed by atoms with E-state index in [1.807, 2.05) is 0 Å². The smallest absolute Gasteiger partial charge is 0.444 e. The summed E-state index contributed by atoms with van der Waals surface area (Å²) in [5, 5.41) is 6.23. The van der Waals surface area contributed by atoms with Crippen molar-refractivity contribution >= 4 is 66.4 Å². The van der Waals surface area contributed by atoms with E-state index < -0.39 is 20.5 Å². The number of aromatic nitrogens is 1. The molecule has 160 valence electrons. The highest BCUT2D eigenvalue weighted by Crippen LogP contribution is 2.41. The molecule has 0 unspecified atom stereocenters. The lowest BCUT2D eigenvalue weighted by atomic mass is 10.2. The van der Waals surface area contributed by atoms with Crippen molar-refractivity contribution in [1.82, 2.24) is 10.4 Å². The Bertz CT molecular complexity index is 1030. The Morgan fingerprint density at radius 1 is 1.37 bits per heavy atom. The second kappa shape index (κ2) is 10.5. The summed E-state index contributed by atoms with van der Waals surface area (Å²) in [5.41, 5.74) is 8.23. The zero-order valence-corrected chi connectivity index (χ0v) is 18.0. The molecule has 0 atom stereocenters. The molecule has 0 saturated heterocycles. The second-order valence-electron chi connectivity index (χ2n) is 5.33. The predicted molar refractivity (Wildman–Crippen MR) is 115 cm³/mol. The number of amides is 1. The Kier molecular flexibility index (Phi) is 8.35. The third-order valence-corrected chi connectivity index (χ3v) is 4.36. The number of nitrogens with one attached hydrogen (secondary N) is 2. The van der Waals surface area contributed by atoms with Gasteiger partial charge >= 0.3 is 13.9 Å². The Morgan fingerprint density at radius 2 is 2.07 bits per heavy atom. The Labute approximate surface area is 185 Å². The minimum Gasteiger partial charge on any atom is -0.444 e. The number of phosphoric ester groups is 1. The van der Waals surface area contributed by atoms with Crippen LogP contribution in [0.5, 0.6) is 5.75 Å². The largest absolute Gasteiger partial charge is 0.524 e. The third-order valence-electron chi connectivity index (χ3n) is 3.12. The average Bonchev–Trinajstić information content (AvgIpc) is 2.63. The van der Waals surface area contributed by atoms with Crippen LogP contribution in [0.3, 0.4) is 0 Å². The monoisotopic (exact) mass is 493 g/mol. The van der Waals surface area contributed by atoms with Crippen LogP contribution in [0.25, 0.3) is 0 Å². The molecule has 15 heteroatoms. The van der Waals surface area contributed by atoms with Crippen molar-refractivity contribution in [1.29, 1.82) is 0 Å². The molecule has 0 aliphatic carbocycles. The first-order valence-corrected chi connectivity index (χ1v) is 10.4. The van der Waals surface area contributed by atoms with Gasteiger partial charge in [0.2, 0.25) is 0 Å². The van der Waals surface area contributed by atoms with E-state index in [1.54, 1.807) is 6.07 Å². The molecule has 1 heterocycles. The summed E-state index contributed by atoms with van der Waals surface area (Å²) in [5.74, 6) is -0.288. The summed E-state index contributed by atoms with van der Waals surface area (Å²) >= 11 is 16.4. The van der Waals surface area contributed by atoms with Crippen LogP contribution in [0, 0.1) is 0 Å². The number of nitrogens with zero attached hydrogens (tertiary/aromatic N) is 2. The molecular formula is C15H14Cl2N5O6PS. The lowest BCUT2D eigenvalue weighted by Gasteiger charge is -2.14. The zero-order chi connectivity index (χ0) is 22.3. The Hall–Kier alpha value is -2.47. The molecule has 1 aromatic carbocycles. The number of halogens is 2. The van der Waals surface area contributed by atoms with Crippen molar-refractivity contribution in [3.05, 3.63) is 51.8 Å². The van der Waals surface area contributed by atoms with Crippen LogP contribution in [0.4, 0.5) is 10.5 Å². The number of benzene rings is 1. The molecule has 0 aliphatic heterocycles. The van der Waals surface area contributed by atoms with Crippen LogP contribution in [-0.2, 0) is 15.9 Å².